The van der Waals surface area contributed by atoms with Crippen LogP contribution in [0.2, 0.25) is 0 Å². The van der Waals surface area contributed by atoms with Gasteiger partial charge >= 0.3 is 0 Å². The second-order valence-electron chi connectivity index (χ2n) is 7.61. The largest absolute Gasteiger partial charge is 0.349 e. The Hall–Kier alpha value is -3.15. The molecule has 2 heterocycles. The zero-order valence-electron chi connectivity index (χ0n) is 16.6. The maximum atomic E-state index is 12.7. The molecule has 0 saturated carbocycles. The van der Waals surface area contributed by atoms with E-state index in [0.717, 1.165) is 41.1 Å². The highest BCUT2D eigenvalue weighted by Gasteiger charge is 2.18. The van der Waals surface area contributed by atoms with Crippen molar-refractivity contribution in [3.05, 3.63) is 59.9 Å². The van der Waals surface area contributed by atoms with Crippen molar-refractivity contribution in [2.75, 3.05) is 5.32 Å². The first-order valence-corrected chi connectivity index (χ1v) is 10.2. The summed E-state index contributed by atoms with van der Waals surface area (Å²) in [6.07, 6.45) is 4.78. The smallest absolute Gasteiger partial charge is 0.226 e. The Kier molecular flexibility index (Phi) is 5.60. The fraction of sp³-hybridized carbons (Fsp3) is 0.348. The molecule has 2 aromatic carbocycles. The quantitative estimate of drug-likeness (QED) is 0.692. The molecular formula is C23H26N4O2. The van der Waals surface area contributed by atoms with E-state index in [1.807, 2.05) is 48.5 Å². The Morgan fingerprint density at radius 3 is 2.72 bits per heavy atom. The van der Waals surface area contributed by atoms with Crippen LogP contribution >= 0.6 is 0 Å². The van der Waals surface area contributed by atoms with Crippen molar-refractivity contribution < 1.29 is 9.59 Å². The van der Waals surface area contributed by atoms with Gasteiger partial charge in [0.1, 0.15) is 5.82 Å². The molecule has 0 spiro atoms. The summed E-state index contributed by atoms with van der Waals surface area (Å²) in [5.41, 5.74) is 3.68. The van der Waals surface area contributed by atoms with E-state index in [2.05, 4.69) is 15.2 Å². The maximum absolute atomic E-state index is 12.7. The van der Waals surface area contributed by atoms with Crippen LogP contribution in [0.3, 0.4) is 0 Å². The predicted octanol–water partition coefficient (Wildman–Crippen LogP) is 3.97. The number of imidazole rings is 1. The highest BCUT2D eigenvalue weighted by molar-refractivity contribution is 5.93. The summed E-state index contributed by atoms with van der Waals surface area (Å²) in [6, 6.07) is 15.1. The van der Waals surface area contributed by atoms with E-state index in [0.29, 0.717) is 0 Å². The molecule has 0 bridgehead atoms. The van der Waals surface area contributed by atoms with Crippen molar-refractivity contribution in [3.63, 3.8) is 0 Å². The SMILES string of the molecule is CC(=O)NC(CC(=O)Nc1ccc2c(c1)nc1n2CCCCC1)c1ccccc1. The van der Waals surface area contributed by atoms with Gasteiger partial charge in [0.15, 0.2) is 0 Å². The van der Waals surface area contributed by atoms with Crippen LogP contribution in [0.25, 0.3) is 11.0 Å². The topological polar surface area (TPSA) is 76.0 Å². The Labute approximate surface area is 170 Å². The van der Waals surface area contributed by atoms with Crippen molar-refractivity contribution in [1.29, 1.82) is 0 Å². The number of carbonyl (C=O) groups is 2. The molecule has 2 N–H and O–H groups in total. The second kappa shape index (κ2) is 8.47. The van der Waals surface area contributed by atoms with E-state index < -0.39 is 0 Å². The van der Waals surface area contributed by atoms with Crippen LogP contribution in [0.5, 0.6) is 0 Å². The van der Waals surface area contributed by atoms with Crippen LogP contribution in [0, 0.1) is 0 Å². The molecule has 0 aliphatic carbocycles. The monoisotopic (exact) mass is 390 g/mol. The fourth-order valence-corrected chi connectivity index (χ4v) is 4.01. The fourth-order valence-electron chi connectivity index (χ4n) is 4.01. The zero-order chi connectivity index (χ0) is 20.2. The minimum Gasteiger partial charge on any atom is -0.349 e. The molecule has 1 aliphatic rings. The Morgan fingerprint density at radius 1 is 1.10 bits per heavy atom. The van der Waals surface area contributed by atoms with Crippen molar-refractivity contribution in [1.82, 2.24) is 14.9 Å². The first-order chi connectivity index (χ1) is 14.1. The minimum atomic E-state index is -0.360. The summed E-state index contributed by atoms with van der Waals surface area (Å²) in [4.78, 5) is 29.0. The van der Waals surface area contributed by atoms with Gasteiger partial charge in [-0.3, -0.25) is 9.59 Å². The standard InChI is InChI=1S/C23H26N4O2/c1-16(28)24-19(17-8-4-2-5-9-17)15-23(29)25-18-11-12-21-20(14-18)26-22-10-6-3-7-13-27(21)22/h2,4-5,8-9,11-12,14,19H,3,6-7,10,13,15H2,1H3,(H,24,28)(H,25,29). The molecule has 1 unspecified atom stereocenters. The van der Waals surface area contributed by atoms with Gasteiger partial charge in [-0.15, -0.1) is 0 Å². The molecular weight excluding hydrogens is 364 g/mol. The number of aromatic nitrogens is 2. The number of amides is 2. The summed E-state index contributed by atoms with van der Waals surface area (Å²) in [7, 11) is 0. The van der Waals surface area contributed by atoms with Crippen LogP contribution in [-0.4, -0.2) is 21.4 Å². The molecule has 1 aromatic heterocycles. The van der Waals surface area contributed by atoms with Gasteiger partial charge < -0.3 is 15.2 Å². The van der Waals surface area contributed by atoms with Crippen molar-refractivity contribution >= 4 is 28.5 Å². The molecule has 6 nitrogen and oxygen atoms in total. The maximum Gasteiger partial charge on any atom is 0.226 e. The minimum absolute atomic E-state index is 0.146. The van der Waals surface area contributed by atoms with E-state index in [1.54, 1.807) is 0 Å². The predicted molar refractivity (Wildman–Crippen MR) is 114 cm³/mol. The van der Waals surface area contributed by atoms with Crippen molar-refractivity contribution in [2.45, 2.75) is 51.6 Å². The van der Waals surface area contributed by atoms with Crippen LogP contribution in [0.15, 0.2) is 48.5 Å². The highest BCUT2D eigenvalue weighted by atomic mass is 16.2. The molecule has 2 amide bonds. The molecule has 1 aliphatic heterocycles. The first kappa shape index (κ1) is 19.2. The van der Waals surface area contributed by atoms with Gasteiger partial charge in [-0.2, -0.15) is 0 Å². The van der Waals surface area contributed by atoms with Crippen LogP contribution < -0.4 is 10.6 Å². The lowest BCUT2D eigenvalue weighted by Gasteiger charge is -2.18. The van der Waals surface area contributed by atoms with Crippen molar-refractivity contribution in [2.24, 2.45) is 0 Å². The third-order valence-corrected chi connectivity index (χ3v) is 5.36. The van der Waals surface area contributed by atoms with E-state index in [4.69, 9.17) is 4.98 Å². The summed E-state index contributed by atoms with van der Waals surface area (Å²) in [6.45, 7) is 2.47. The van der Waals surface area contributed by atoms with Gasteiger partial charge in [0, 0.05) is 25.6 Å². The number of nitrogens with zero attached hydrogens (tertiary/aromatic N) is 2. The second-order valence-corrected chi connectivity index (χ2v) is 7.61. The summed E-state index contributed by atoms with van der Waals surface area (Å²) >= 11 is 0. The number of hydrogen-bond donors (Lipinski definition) is 2. The lowest BCUT2D eigenvalue weighted by Crippen LogP contribution is -2.29. The average molecular weight is 390 g/mol. The van der Waals surface area contributed by atoms with Gasteiger partial charge in [-0.1, -0.05) is 36.8 Å². The van der Waals surface area contributed by atoms with E-state index >= 15 is 0 Å². The summed E-state index contributed by atoms with van der Waals surface area (Å²) < 4.78 is 2.30. The molecule has 3 aromatic rings. The average Bonchev–Trinajstić information content (AvgIpc) is 2.88. The molecule has 150 valence electrons. The number of fused-ring (bicyclic) bond motifs is 3. The number of hydrogen-bond acceptors (Lipinski definition) is 3. The van der Waals surface area contributed by atoms with Gasteiger partial charge in [0.2, 0.25) is 11.8 Å². The van der Waals surface area contributed by atoms with Gasteiger partial charge in [0.25, 0.3) is 0 Å². The molecule has 0 radical (unpaired) electrons. The van der Waals surface area contributed by atoms with Crippen LogP contribution in [-0.2, 0) is 22.6 Å². The summed E-state index contributed by atoms with van der Waals surface area (Å²) in [5.74, 6) is 0.830. The summed E-state index contributed by atoms with van der Waals surface area (Å²) in [5, 5.41) is 5.83. The third-order valence-electron chi connectivity index (χ3n) is 5.36. The van der Waals surface area contributed by atoms with Gasteiger partial charge in [-0.25, -0.2) is 4.98 Å². The normalized spacial score (nSPS) is 14.7. The Bertz CT molecular complexity index is 1030. The lowest BCUT2D eigenvalue weighted by molar-refractivity contribution is -0.120. The van der Waals surface area contributed by atoms with Crippen molar-refractivity contribution in [3.8, 4) is 0 Å². The third kappa shape index (κ3) is 4.47. The number of anilines is 1. The van der Waals surface area contributed by atoms with Gasteiger partial charge in [0.05, 0.1) is 23.5 Å². The molecule has 6 heteroatoms. The number of aryl methyl sites for hydroxylation is 2. The Balaban J connectivity index is 1.49. The number of nitrogens with one attached hydrogen (secondary N) is 2. The number of rotatable bonds is 5. The molecule has 29 heavy (non-hydrogen) atoms. The van der Waals surface area contributed by atoms with Gasteiger partial charge in [-0.05, 0) is 36.6 Å². The zero-order valence-corrected chi connectivity index (χ0v) is 16.6. The molecule has 1 atom stereocenters. The van der Waals surface area contributed by atoms with E-state index in [-0.39, 0.29) is 24.3 Å². The molecule has 0 fully saturated rings. The molecule has 0 saturated heterocycles. The number of carbonyl (C=O) groups excluding carboxylic acids is 2. The lowest BCUT2D eigenvalue weighted by atomic mass is 10.0. The van der Waals surface area contributed by atoms with Crippen LogP contribution in [0.4, 0.5) is 5.69 Å². The first-order valence-electron chi connectivity index (χ1n) is 10.2. The number of benzene rings is 2. The highest BCUT2D eigenvalue weighted by Crippen LogP contribution is 2.25. The van der Waals surface area contributed by atoms with E-state index in [1.165, 1.54) is 26.2 Å². The van der Waals surface area contributed by atoms with Crippen LogP contribution in [0.1, 0.15) is 50.0 Å². The van der Waals surface area contributed by atoms with E-state index in [9.17, 15) is 9.59 Å². The molecule has 4 rings (SSSR count). The Morgan fingerprint density at radius 2 is 1.93 bits per heavy atom.